The summed E-state index contributed by atoms with van der Waals surface area (Å²) in [5.74, 6) is 1.58. The first-order chi connectivity index (χ1) is 25.0. The molecule has 0 spiro atoms. The number of rotatable bonds is 8. The van der Waals surface area contributed by atoms with Crippen LogP contribution in [-0.4, -0.2) is 93.4 Å². The summed E-state index contributed by atoms with van der Waals surface area (Å²) >= 11 is 6.75. The minimum Gasteiger partial charge on any atom is -0.461 e. The smallest absolute Gasteiger partial charge is 0.318 e. The van der Waals surface area contributed by atoms with E-state index in [1.54, 1.807) is 6.08 Å². The largest absolute Gasteiger partial charge is 0.461 e. The Bertz CT molecular complexity index is 2010. The number of likely N-dealkylation sites (tertiary alicyclic amines) is 1. The fourth-order valence-electron chi connectivity index (χ4n) is 8.46. The first kappa shape index (κ1) is 34.9. The minimum absolute atomic E-state index is 0.0206. The molecular weight excluding hydrogens is 683 g/mol. The van der Waals surface area contributed by atoms with Crippen molar-refractivity contribution >= 4 is 40.2 Å². The van der Waals surface area contributed by atoms with Gasteiger partial charge in [0.2, 0.25) is 5.91 Å². The SMILES string of the molecule is CN(c1nc(OC[C@@]23CCCN2C[C@H](F)C3)nc2c1CNC(c1cccc3cccc(Cl)c13)C2)[C@@H]1CCN(C(=O)/C=C/c2nc(C(C)(C)C)no2)C1. The van der Waals surface area contributed by atoms with E-state index in [1.165, 1.54) is 6.08 Å². The fraction of sp³-hybridized carbons (Fsp3) is 0.513. The molecule has 0 bridgehead atoms. The number of hydrogen-bond acceptors (Lipinski definition) is 10. The number of ether oxygens (including phenoxy) is 1. The molecule has 0 saturated carbocycles. The van der Waals surface area contributed by atoms with Crippen molar-refractivity contribution in [1.29, 1.82) is 0 Å². The molecule has 274 valence electrons. The van der Waals surface area contributed by atoms with E-state index in [2.05, 4.69) is 49.5 Å². The quantitative estimate of drug-likeness (QED) is 0.215. The number of amides is 1. The second kappa shape index (κ2) is 13.7. The molecule has 52 heavy (non-hydrogen) atoms. The maximum Gasteiger partial charge on any atom is 0.318 e. The number of carbonyl (C=O) groups is 1. The number of hydrogen-bond donors (Lipinski definition) is 1. The third-order valence-electron chi connectivity index (χ3n) is 11.3. The molecule has 1 N–H and O–H groups in total. The minimum atomic E-state index is -0.842. The van der Waals surface area contributed by atoms with Gasteiger partial charge in [-0.2, -0.15) is 15.0 Å². The van der Waals surface area contributed by atoms with E-state index in [9.17, 15) is 9.18 Å². The van der Waals surface area contributed by atoms with Gasteiger partial charge in [0.25, 0.3) is 5.89 Å². The van der Waals surface area contributed by atoms with Crippen LogP contribution in [0.4, 0.5) is 10.2 Å². The number of anilines is 1. The highest BCUT2D eigenvalue weighted by Crippen LogP contribution is 2.41. The first-order valence-corrected chi connectivity index (χ1v) is 18.7. The number of benzene rings is 2. The van der Waals surface area contributed by atoms with Gasteiger partial charge < -0.3 is 24.4 Å². The summed E-state index contributed by atoms with van der Waals surface area (Å²) in [6.07, 6.45) is 6.06. The third kappa shape index (κ3) is 6.65. The van der Waals surface area contributed by atoms with Crippen LogP contribution in [0, 0.1) is 0 Å². The van der Waals surface area contributed by atoms with Crippen LogP contribution in [0.1, 0.15) is 81.0 Å². The van der Waals surface area contributed by atoms with Crippen LogP contribution in [0.25, 0.3) is 16.8 Å². The Kier molecular flexibility index (Phi) is 9.20. The van der Waals surface area contributed by atoms with Crippen molar-refractivity contribution in [3.8, 4) is 6.01 Å². The van der Waals surface area contributed by atoms with E-state index < -0.39 is 6.17 Å². The summed E-state index contributed by atoms with van der Waals surface area (Å²) in [6.45, 7) is 9.43. The summed E-state index contributed by atoms with van der Waals surface area (Å²) in [5.41, 5.74) is 2.49. The van der Waals surface area contributed by atoms with Crippen molar-refractivity contribution in [1.82, 2.24) is 35.2 Å². The lowest BCUT2D eigenvalue weighted by Crippen LogP contribution is -2.43. The highest BCUT2D eigenvalue weighted by atomic mass is 35.5. The van der Waals surface area contributed by atoms with E-state index >= 15 is 0 Å². The third-order valence-corrected chi connectivity index (χ3v) is 11.6. The van der Waals surface area contributed by atoms with Gasteiger partial charge in [-0.25, -0.2) is 4.39 Å². The maximum absolute atomic E-state index is 14.6. The van der Waals surface area contributed by atoms with Gasteiger partial charge in [-0.15, -0.1) is 0 Å². The maximum atomic E-state index is 14.6. The summed E-state index contributed by atoms with van der Waals surface area (Å²) in [7, 11) is 2.03. The molecule has 4 atom stereocenters. The normalized spacial score (nSPS) is 24.9. The number of carbonyl (C=O) groups excluding carboxylic acids is 1. The zero-order valence-electron chi connectivity index (χ0n) is 30.2. The highest BCUT2D eigenvalue weighted by Gasteiger charge is 2.49. The number of nitrogens with zero attached hydrogens (tertiary/aromatic N) is 7. The van der Waals surface area contributed by atoms with Gasteiger partial charge >= 0.3 is 6.01 Å². The molecule has 2 aromatic carbocycles. The van der Waals surface area contributed by atoms with Gasteiger partial charge in [0.05, 0.1) is 11.2 Å². The van der Waals surface area contributed by atoms with Gasteiger partial charge in [-0.05, 0) is 42.8 Å². The van der Waals surface area contributed by atoms with Crippen molar-refractivity contribution in [3.63, 3.8) is 0 Å². The molecule has 1 unspecified atom stereocenters. The Morgan fingerprint density at radius 1 is 1.17 bits per heavy atom. The molecule has 1 amide bonds. The van der Waals surface area contributed by atoms with Crippen LogP contribution in [-0.2, 0) is 23.2 Å². The molecule has 11 nitrogen and oxygen atoms in total. The highest BCUT2D eigenvalue weighted by molar-refractivity contribution is 6.35. The zero-order chi connectivity index (χ0) is 36.2. The van der Waals surface area contributed by atoms with E-state index in [1.807, 2.05) is 44.9 Å². The standard InChI is InChI=1S/C39H46ClFN8O3/c1-38(2,3)36-44-32(52-46-36)12-13-33(50)48-17-14-26(22-48)47(4)35-28-20-42-30(27-10-5-8-24-9-6-11-29(40)34(24)27)18-31(28)43-37(45-35)51-23-39-15-7-16-49(39)21-25(41)19-39/h5-6,8-13,25-26,30,42H,7,14-23H2,1-4H3/b13-12+/t25-,26-,30?,39+/m1/s1. The Hall–Kier alpha value is -4.13. The summed E-state index contributed by atoms with van der Waals surface area (Å²) in [5, 5.41) is 10.6. The van der Waals surface area contributed by atoms with E-state index in [4.69, 9.17) is 30.8 Å². The van der Waals surface area contributed by atoms with E-state index in [0.717, 1.165) is 64.2 Å². The average Bonchev–Trinajstić information content (AvgIpc) is 3.93. The monoisotopic (exact) mass is 728 g/mol. The molecule has 4 aliphatic rings. The first-order valence-electron chi connectivity index (χ1n) is 18.3. The van der Waals surface area contributed by atoms with E-state index in [0.29, 0.717) is 63.4 Å². The van der Waals surface area contributed by atoms with Crippen LogP contribution in [0.2, 0.25) is 5.02 Å². The van der Waals surface area contributed by atoms with Gasteiger partial charge in [-0.3, -0.25) is 9.69 Å². The molecule has 2 aromatic heterocycles. The van der Waals surface area contributed by atoms with Gasteiger partial charge in [0, 0.05) is 91.7 Å². The van der Waals surface area contributed by atoms with Gasteiger partial charge in [0.1, 0.15) is 18.6 Å². The van der Waals surface area contributed by atoms with Crippen molar-refractivity contribution in [2.24, 2.45) is 0 Å². The topological polar surface area (TPSA) is 113 Å². The average molecular weight is 729 g/mol. The molecule has 0 radical (unpaired) electrons. The molecule has 3 fully saturated rings. The van der Waals surface area contributed by atoms with Crippen molar-refractivity contribution < 1.29 is 18.4 Å². The van der Waals surface area contributed by atoms with Gasteiger partial charge in [0.15, 0.2) is 5.82 Å². The second-order valence-corrected chi connectivity index (χ2v) is 16.2. The molecule has 4 aliphatic heterocycles. The van der Waals surface area contributed by atoms with Crippen molar-refractivity contribution in [3.05, 3.63) is 76.0 Å². The predicted octanol–water partition coefficient (Wildman–Crippen LogP) is 6.06. The number of fused-ring (bicyclic) bond motifs is 3. The van der Waals surface area contributed by atoms with Crippen LogP contribution in [0.15, 0.2) is 47.0 Å². The molecule has 3 saturated heterocycles. The number of nitrogens with one attached hydrogen (secondary N) is 1. The molecule has 8 rings (SSSR count). The van der Waals surface area contributed by atoms with Gasteiger partial charge in [-0.1, -0.05) is 67.9 Å². The lowest BCUT2D eigenvalue weighted by Gasteiger charge is -2.34. The number of aromatic nitrogens is 4. The molecule has 4 aromatic rings. The Morgan fingerprint density at radius 3 is 2.81 bits per heavy atom. The van der Waals surface area contributed by atoms with Crippen molar-refractivity contribution in [2.45, 2.75) is 88.6 Å². The number of halogens is 2. The Morgan fingerprint density at radius 2 is 2.00 bits per heavy atom. The van der Waals surface area contributed by atoms with Crippen LogP contribution in [0.5, 0.6) is 6.01 Å². The summed E-state index contributed by atoms with van der Waals surface area (Å²) in [6, 6.07) is 12.6. The van der Waals surface area contributed by atoms with Crippen LogP contribution >= 0.6 is 11.6 Å². The second-order valence-electron chi connectivity index (χ2n) is 15.8. The summed E-state index contributed by atoms with van der Waals surface area (Å²) in [4.78, 5) is 34.0. The number of likely N-dealkylation sites (N-methyl/N-ethyl adjacent to an activating group) is 1. The Balaban J connectivity index is 1.05. The van der Waals surface area contributed by atoms with Crippen molar-refractivity contribution in [2.75, 3.05) is 44.7 Å². The fourth-order valence-corrected chi connectivity index (χ4v) is 8.75. The molecule has 13 heteroatoms. The Labute approximate surface area is 308 Å². The lowest BCUT2D eigenvalue weighted by atomic mass is 9.91. The lowest BCUT2D eigenvalue weighted by molar-refractivity contribution is -0.124. The summed E-state index contributed by atoms with van der Waals surface area (Å²) < 4.78 is 26.4. The molecule has 0 aliphatic carbocycles. The zero-order valence-corrected chi connectivity index (χ0v) is 31.0. The van der Waals surface area contributed by atoms with Crippen LogP contribution < -0.4 is 15.0 Å². The predicted molar refractivity (Wildman–Crippen MR) is 198 cm³/mol. The van der Waals surface area contributed by atoms with E-state index in [-0.39, 0.29) is 28.9 Å². The molecule has 6 heterocycles. The molecular formula is C39H46ClFN8O3. The van der Waals surface area contributed by atoms with Crippen LogP contribution in [0.3, 0.4) is 0 Å². The number of alkyl halides is 1.